The Kier molecular flexibility index (Phi) is 5.75. The molecule has 0 heterocycles. The van der Waals surface area contributed by atoms with Crippen LogP contribution in [0, 0.1) is 24.1 Å². The van der Waals surface area contributed by atoms with Gasteiger partial charge in [-0.05, 0) is 52.3 Å². The smallest absolute Gasteiger partial charge is 0.407 e. The second-order valence-electron chi connectivity index (χ2n) is 6.07. The molecule has 0 aliphatic carbocycles. The van der Waals surface area contributed by atoms with E-state index in [1.807, 2.05) is 6.07 Å². The molecule has 1 amide bonds. The summed E-state index contributed by atoms with van der Waals surface area (Å²) in [5.74, 6) is -0.555. The van der Waals surface area contributed by atoms with E-state index in [-0.39, 0.29) is 24.0 Å². The van der Waals surface area contributed by atoms with Crippen molar-refractivity contribution in [3.63, 3.8) is 0 Å². The molecule has 1 aromatic rings. The third-order valence-electron chi connectivity index (χ3n) is 2.65. The molecule has 0 radical (unpaired) electrons. The van der Waals surface area contributed by atoms with Crippen molar-refractivity contribution in [1.82, 2.24) is 5.32 Å². The van der Waals surface area contributed by atoms with Crippen LogP contribution in [0.15, 0.2) is 12.1 Å². The van der Waals surface area contributed by atoms with Crippen LogP contribution in [0.5, 0.6) is 5.75 Å². The molecule has 0 saturated heterocycles. The number of aryl methyl sites for hydroxylation is 1. The lowest BCUT2D eigenvalue weighted by molar-refractivity contribution is 0.0493. The number of nitrogens with one attached hydrogen (secondary N) is 1. The van der Waals surface area contributed by atoms with Gasteiger partial charge in [-0.1, -0.05) is 0 Å². The maximum Gasteiger partial charge on any atom is 0.407 e. The number of carbonyl (C=O) groups is 1. The SMILES string of the molecule is Cc1cc(OC[C@H](C)NC(=O)OC(C)(C)C)c(F)cc1C#N. The monoisotopic (exact) mass is 308 g/mol. The van der Waals surface area contributed by atoms with Crippen molar-refractivity contribution < 1.29 is 18.7 Å². The Morgan fingerprint density at radius 2 is 2.09 bits per heavy atom. The average molecular weight is 308 g/mol. The molecule has 22 heavy (non-hydrogen) atoms. The first kappa shape index (κ1) is 17.8. The fourth-order valence-corrected chi connectivity index (χ4v) is 1.65. The fourth-order valence-electron chi connectivity index (χ4n) is 1.65. The minimum atomic E-state index is -0.605. The second-order valence-corrected chi connectivity index (χ2v) is 6.07. The summed E-state index contributed by atoms with van der Waals surface area (Å²) in [4.78, 5) is 11.6. The van der Waals surface area contributed by atoms with Crippen LogP contribution < -0.4 is 10.1 Å². The first-order valence-electron chi connectivity index (χ1n) is 6.95. The molecule has 0 fully saturated rings. The molecule has 0 spiro atoms. The molecule has 1 atom stereocenters. The van der Waals surface area contributed by atoms with Crippen molar-refractivity contribution in [2.45, 2.75) is 46.3 Å². The van der Waals surface area contributed by atoms with Gasteiger partial charge in [0.15, 0.2) is 11.6 Å². The molecule has 5 nitrogen and oxygen atoms in total. The van der Waals surface area contributed by atoms with E-state index < -0.39 is 17.5 Å². The number of amides is 1. The highest BCUT2D eigenvalue weighted by Gasteiger charge is 2.18. The largest absolute Gasteiger partial charge is 0.488 e. The Morgan fingerprint density at radius 3 is 2.64 bits per heavy atom. The zero-order valence-electron chi connectivity index (χ0n) is 13.5. The van der Waals surface area contributed by atoms with E-state index in [0.717, 1.165) is 6.07 Å². The van der Waals surface area contributed by atoms with Gasteiger partial charge in [0, 0.05) is 0 Å². The van der Waals surface area contributed by atoms with E-state index in [0.29, 0.717) is 5.56 Å². The van der Waals surface area contributed by atoms with Crippen LogP contribution in [-0.2, 0) is 4.74 Å². The maximum atomic E-state index is 13.8. The summed E-state index contributed by atoms with van der Waals surface area (Å²) in [5, 5.41) is 11.4. The second kappa shape index (κ2) is 7.12. The molecule has 0 aromatic heterocycles. The van der Waals surface area contributed by atoms with Gasteiger partial charge >= 0.3 is 6.09 Å². The van der Waals surface area contributed by atoms with Crippen LogP contribution in [0.25, 0.3) is 0 Å². The van der Waals surface area contributed by atoms with Gasteiger partial charge in [0.1, 0.15) is 12.2 Å². The number of hydrogen-bond acceptors (Lipinski definition) is 4. The van der Waals surface area contributed by atoms with Gasteiger partial charge in [-0.15, -0.1) is 0 Å². The third-order valence-corrected chi connectivity index (χ3v) is 2.65. The molecular formula is C16H21FN2O3. The highest BCUT2D eigenvalue weighted by atomic mass is 19.1. The summed E-state index contributed by atoms with van der Waals surface area (Å²) < 4.78 is 24.2. The highest BCUT2D eigenvalue weighted by molar-refractivity contribution is 5.68. The lowest BCUT2D eigenvalue weighted by Crippen LogP contribution is -2.40. The third kappa shape index (κ3) is 5.60. The molecule has 0 bridgehead atoms. The van der Waals surface area contributed by atoms with Gasteiger partial charge < -0.3 is 14.8 Å². The fraction of sp³-hybridized carbons (Fsp3) is 0.500. The summed E-state index contributed by atoms with van der Waals surface area (Å²) in [6.07, 6.45) is -0.555. The summed E-state index contributed by atoms with van der Waals surface area (Å²) in [6.45, 7) is 8.81. The number of benzene rings is 1. The van der Waals surface area contributed by atoms with E-state index in [9.17, 15) is 9.18 Å². The number of hydrogen-bond donors (Lipinski definition) is 1. The zero-order chi connectivity index (χ0) is 16.9. The van der Waals surface area contributed by atoms with Crippen molar-refractivity contribution in [3.05, 3.63) is 29.1 Å². The average Bonchev–Trinajstić information content (AvgIpc) is 2.36. The molecule has 120 valence electrons. The number of nitriles is 1. The molecule has 0 saturated carbocycles. The van der Waals surface area contributed by atoms with Gasteiger partial charge in [0.05, 0.1) is 17.7 Å². The number of carbonyl (C=O) groups excluding carboxylic acids is 1. The predicted molar refractivity (Wildman–Crippen MR) is 80.2 cm³/mol. The molecule has 0 aliphatic heterocycles. The minimum Gasteiger partial charge on any atom is -0.488 e. The van der Waals surface area contributed by atoms with E-state index in [4.69, 9.17) is 14.7 Å². The van der Waals surface area contributed by atoms with Crippen molar-refractivity contribution in [3.8, 4) is 11.8 Å². The number of halogens is 1. The van der Waals surface area contributed by atoms with Crippen LogP contribution in [-0.4, -0.2) is 24.3 Å². The Bertz CT molecular complexity index is 588. The molecule has 1 aromatic carbocycles. The summed E-state index contributed by atoms with van der Waals surface area (Å²) >= 11 is 0. The lowest BCUT2D eigenvalue weighted by Gasteiger charge is -2.22. The Hall–Kier alpha value is -2.29. The van der Waals surface area contributed by atoms with Crippen LogP contribution in [0.4, 0.5) is 9.18 Å². The Morgan fingerprint density at radius 1 is 1.45 bits per heavy atom. The van der Waals surface area contributed by atoms with E-state index >= 15 is 0 Å². The van der Waals surface area contributed by atoms with Gasteiger partial charge in [-0.25, -0.2) is 9.18 Å². The molecule has 1 N–H and O–H groups in total. The normalized spacial score (nSPS) is 12.2. The zero-order valence-corrected chi connectivity index (χ0v) is 13.5. The first-order valence-corrected chi connectivity index (χ1v) is 6.95. The van der Waals surface area contributed by atoms with Crippen LogP contribution in [0.3, 0.4) is 0 Å². The van der Waals surface area contributed by atoms with Crippen LogP contribution in [0.1, 0.15) is 38.8 Å². The van der Waals surface area contributed by atoms with Crippen molar-refractivity contribution >= 4 is 6.09 Å². The molecule has 0 unspecified atom stereocenters. The Balaban J connectivity index is 2.58. The maximum absolute atomic E-state index is 13.8. The van der Waals surface area contributed by atoms with Crippen molar-refractivity contribution in [1.29, 1.82) is 5.26 Å². The van der Waals surface area contributed by atoms with E-state index in [1.165, 1.54) is 6.07 Å². The van der Waals surface area contributed by atoms with Gasteiger partial charge in [-0.3, -0.25) is 0 Å². The van der Waals surface area contributed by atoms with Gasteiger partial charge in [-0.2, -0.15) is 5.26 Å². The summed E-state index contributed by atoms with van der Waals surface area (Å²) in [5.41, 5.74) is 0.317. The number of rotatable bonds is 4. The van der Waals surface area contributed by atoms with Gasteiger partial charge in [0.25, 0.3) is 0 Å². The molecule has 1 rings (SSSR count). The first-order chi connectivity index (χ1) is 10.1. The number of alkyl carbamates (subject to hydrolysis) is 1. The van der Waals surface area contributed by atoms with Crippen LogP contribution >= 0.6 is 0 Å². The van der Waals surface area contributed by atoms with Crippen molar-refractivity contribution in [2.75, 3.05) is 6.61 Å². The highest BCUT2D eigenvalue weighted by Crippen LogP contribution is 2.21. The topological polar surface area (TPSA) is 71.3 Å². The summed E-state index contributed by atoms with van der Waals surface area (Å²) in [6, 6.07) is 4.15. The van der Waals surface area contributed by atoms with E-state index in [1.54, 1.807) is 34.6 Å². The summed E-state index contributed by atoms with van der Waals surface area (Å²) in [7, 11) is 0. The lowest BCUT2D eigenvalue weighted by atomic mass is 10.1. The van der Waals surface area contributed by atoms with Gasteiger partial charge in [0.2, 0.25) is 0 Å². The standard InChI is InChI=1S/C16H21FN2O3/c1-10-6-14(13(17)7-12(10)8-18)21-9-11(2)19-15(20)22-16(3,4)5/h6-7,11H,9H2,1-5H3,(H,19,20)/t11-/m0/s1. The number of ether oxygens (including phenoxy) is 2. The van der Waals surface area contributed by atoms with Crippen LogP contribution in [0.2, 0.25) is 0 Å². The number of nitrogens with zero attached hydrogens (tertiary/aromatic N) is 1. The van der Waals surface area contributed by atoms with Crippen molar-refractivity contribution in [2.24, 2.45) is 0 Å². The molecule has 0 aliphatic rings. The quantitative estimate of drug-likeness (QED) is 0.926. The molecule has 6 heteroatoms. The molecular weight excluding hydrogens is 287 g/mol. The predicted octanol–water partition coefficient (Wildman–Crippen LogP) is 3.30. The van der Waals surface area contributed by atoms with E-state index in [2.05, 4.69) is 5.32 Å². The minimum absolute atomic E-state index is 0.0503. The Labute approximate surface area is 130 Å².